The molecule has 3 heterocycles. The van der Waals surface area contributed by atoms with Crippen molar-refractivity contribution >= 4 is 11.9 Å². The Hall–Kier alpha value is -3.29. The van der Waals surface area contributed by atoms with Crippen molar-refractivity contribution in [3.63, 3.8) is 0 Å². The van der Waals surface area contributed by atoms with Crippen molar-refractivity contribution in [2.45, 2.75) is 0 Å². The molecule has 8 nitrogen and oxygen atoms in total. The number of anilines is 1. The van der Waals surface area contributed by atoms with Gasteiger partial charge in [-0.2, -0.15) is 0 Å². The first-order chi connectivity index (χ1) is 12.3. The SMILES string of the molecule is O=C(c1nnc(-c2ccccc2)o1)N1CCN(c2ncccn2)CC1. The molecule has 0 saturated carbocycles. The van der Waals surface area contributed by atoms with Crippen LogP contribution in [0.25, 0.3) is 11.5 Å². The molecule has 0 radical (unpaired) electrons. The molecule has 1 aliphatic rings. The van der Waals surface area contributed by atoms with Gasteiger partial charge >= 0.3 is 11.8 Å². The third-order valence-corrected chi connectivity index (χ3v) is 4.03. The van der Waals surface area contributed by atoms with E-state index in [1.807, 2.05) is 35.2 Å². The van der Waals surface area contributed by atoms with Gasteiger partial charge in [-0.25, -0.2) is 9.97 Å². The normalized spacial score (nSPS) is 14.6. The largest absolute Gasteiger partial charge is 0.412 e. The average molecular weight is 336 g/mol. The number of piperazine rings is 1. The minimum absolute atomic E-state index is 0.0169. The summed E-state index contributed by atoms with van der Waals surface area (Å²) in [5.74, 6) is 0.797. The molecule has 0 atom stereocenters. The summed E-state index contributed by atoms with van der Waals surface area (Å²) >= 11 is 0. The minimum atomic E-state index is -0.247. The molecule has 25 heavy (non-hydrogen) atoms. The zero-order valence-electron chi connectivity index (χ0n) is 13.4. The number of aromatic nitrogens is 4. The number of hydrogen-bond acceptors (Lipinski definition) is 7. The van der Waals surface area contributed by atoms with Crippen molar-refractivity contribution in [1.29, 1.82) is 0 Å². The second-order valence-electron chi connectivity index (χ2n) is 5.61. The number of benzene rings is 1. The molecule has 0 bridgehead atoms. The second-order valence-corrected chi connectivity index (χ2v) is 5.61. The Kier molecular flexibility index (Phi) is 4.07. The Bertz CT molecular complexity index is 844. The van der Waals surface area contributed by atoms with Gasteiger partial charge in [-0.05, 0) is 18.2 Å². The van der Waals surface area contributed by atoms with Gasteiger partial charge in [-0.1, -0.05) is 18.2 Å². The predicted molar refractivity (Wildman–Crippen MR) is 89.9 cm³/mol. The number of rotatable bonds is 3. The maximum Gasteiger partial charge on any atom is 0.311 e. The summed E-state index contributed by atoms with van der Waals surface area (Å²) in [6, 6.07) is 11.2. The molecule has 1 saturated heterocycles. The van der Waals surface area contributed by atoms with Crippen LogP contribution in [-0.4, -0.2) is 57.2 Å². The molecule has 1 aromatic carbocycles. The summed E-state index contributed by atoms with van der Waals surface area (Å²) in [6.45, 7) is 2.44. The molecule has 0 spiro atoms. The Labute approximate surface area is 144 Å². The molecule has 1 fully saturated rings. The number of amides is 1. The van der Waals surface area contributed by atoms with E-state index < -0.39 is 0 Å². The average Bonchev–Trinajstić information content (AvgIpc) is 3.19. The van der Waals surface area contributed by atoms with Crippen LogP contribution in [0.1, 0.15) is 10.7 Å². The summed E-state index contributed by atoms with van der Waals surface area (Å²) in [6.07, 6.45) is 3.42. The molecular formula is C17H16N6O2. The number of carbonyl (C=O) groups excluding carboxylic acids is 1. The molecule has 126 valence electrons. The van der Waals surface area contributed by atoms with Crippen molar-refractivity contribution in [3.8, 4) is 11.5 Å². The first-order valence-electron chi connectivity index (χ1n) is 8.01. The molecule has 1 aliphatic heterocycles. The second kappa shape index (κ2) is 6.68. The number of hydrogen-bond donors (Lipinski definition) is 0. The topological polar surface area (TPSA) is 88.3 Å². The molecule has 8 heteroatoms. The zero-order chi connectivity index (χ0) is 17.1. The minimum Gasteiger partial charge on any atom is -0.412 e. The van der Waals surface area contributed by atoms with Gasteiger partial charge < -0.3 is 14.2 Å². The van der Waals surface area contributed by atoms with Crippen molar-refractivity contribution < 1.29 is 9.21 Å². The third-order valence-electron chi connectivity index (χ3n) is 4.03. The lowest BCUT2D eigenvalue weighted by atomic mass is 10.2. The molecular weight excluding hydrogens is 320 g/mol. The standard InChI is InChI=1S/C17H16N6O2/c24-16(15-21-20-14(25-15)13-5-2-1-3-6-13)22-9-11-23(12-10-22)17-18-7-4-8-19-17/h1-8H,9-12H2. The van der Waals surface area contributed by atoms with Crippen LogP contribution in [-0.2, 0) is 0 Å². The van der Waals surface area contributed by atoms with Crippen LogP contribution >= 0.6 is 0 Å². The van der Waals surface area contributed by atoms with E-state index in [9.17, 15) is 4.79 Å². The Morgan fingerprint density at radius 1 is 0.920 bits per heavy atom. The van der Waals surface area contributed by atoms with Gasteiger partial charge in [0.05, 0.1) is 0 Å². The van der Waals surface area contributed by atoms with Crippen LogP contribution in [0.5, 0.6) is 0 Å². The highest BCUT2D eigenvalue weighted by atomic mass is 16.4. The van der Waals surface area contributed by atoms with E-state index in [2.05, 4.69) is 20.2 Å². The fourth-order valence-corrected chi connectivity index (χ4v) is 2.71. The van der Waals surface area contributed by atoms with E-state index in [1.54, 1.807) is 23.4 Å². The predicted octanol–water partition coefficient (Wildman–Crippen LogP) is 1.49. The smallest absolute Gasteiger partial charge is 0.311 e. The molecule has 0 unspecified atom stereocenters. The zero-order valence-corrected chi connectivity index (χ0v) is 13.4. The van der Waals surface area contributed by atoms with Crippen LogP contribution in [0, 0.1) is 0 Å². The lowest BCUT2D eigenvalue weighted by Gasteiger charge is -2.33. The summed E-state index contributed by atoms with van der Waals surface area (Å²) < 4.78 is 5.54. The summed E-state index contributed by atoms with van der Waals surface area (Å²) in [4.78, 5) is 24.8. The third kappa shape index (κ3) is 3.18. The number of nitrogens with zero attached hydrogens (tertiary/aromatic N) is 6. The van der Waals surface area contributed by atoms with Gasteiger partial charge in [0, 0.05) is 44.1 Å². The van der Waals surface area contributed by atoms with Gasteiger partial charge in [0.1, 0.15) is 0 Å². The molecule has 4 rings (SSSR count). The summed E-state index contributed by atoms with van der Waals surface area (Å²) in [7, 11) is 0. The van der Waals surface area contributed by atoms with Crippen LogP contribution in [0.3, 0.4) is 0 Å². The van der Waals surface area contributed by atoms with Crippen LogP contribution < -0.4 is 4.90 Å². The Morgan fingerprint density at radius 3 is 2.36 bits per heavy atom. The van der Waals surface area contributed by atoms with Crippen LogP contribution in [0.4, 0.5) is 5.95 Å². The summed E-state index contributed by atoms with van der Waals surface area (Å²) in [5, 5.41) is 7.87. The lowest BCUT2D eigenvalue weighted by Crippen LogP contribution is -2.49. The maximum atomic E-state index is 12.6. The van der Waals surface area contributed by atoms with Crippen molar-refractivity contribution in [2.75, 3.05) is 31.1 Å². The number of carbonyl (C=O) groups is 1. The fraction of sp³-hybridized carbons (Fsp3) is 0.235. The van der Waals surface area contributed by atoms with E-state index >= 15 is 0 Å². The first kappa shape index (κ1) is 15.3. The van der Waals surface area contributed by atoms with E-state index in [0.29, 0.717) is 38.0 Å². The first-order valence-corrected chi connectivity index (χ1v) is 8.01. The fourth-order valence-electron chi connectivity index (χ4n) is 2.71. The van der Waals surface area contributed by atoms with Gasteiger partial charge in [0.2, 0.25) is 11.8 Å². The van der Waals surface area contributed by atoms with Gasteiger partial charge in [-0.15, -0.1) is 10.2 Å². The highest BCUT2D eigenvalue weighted by Gasteiger charge is 2.27. The van der Waals surface area contributed by atoms with Crippen molar-refractivity contribution in [1.82, 2.24) is 25.1 Å². The Balaban J connectivity index is 1.42. The van der Waals surface area contributed by atoms with Gasteiger partial charge in [0.15, 0.2) is 0 Å². The molecule has 0 aliphatic carbocycles. The molecule has 1 amide bonds. The molecule has 3 aromatic rings. The maximum absolute atomic E-state index is 12.6. The van der Waals surface area contributed by atoms with Gasteiger partial charge in [-0.3, -0.25) is 4.79 Å². The van der Waals surface area contributed by atoms with Crippen molar-refractivity contribution in [3.05, 3.63) is 54.7 Å². The van der Waals surface area contributed by atoms with Gasteiger partial charge in [0.25, 0.3) is 0 Å². The van der Waals surface area contributed by atoms with Crippen molar-refractivity contribution in [2.24, 2.45) is 0 Å². The van der Waals surface area contributed by atoms with Crippen LogP contribution in [0.15, 0.2) is 53.2 Å². The lowest BCUT2D eigenvalue weighted by molar-refractivity contribution is 0.0706. The van der Waals surface area contributed by atoms with E-state index in [-0.39, 0.29) is 11.8 Å². The molecule has 0 N–H and O–H groups in total. The van der Waals surface area contributed by atoms with E-state index in [1.165, 1.54) is 0 Å². The molecule has 2 aromatic heterocycles. The van der Waals surface area contributed by atoms with Crippen LogP contribution in [0.2, 0.25) is 0 Å². The monoisotopic (exact) mass is 336 g/mol. The quantitative estimate of drug-likeness (QED) is 0.716. The van der Waals surface area contributed by atoms with E-state index in [0.717, 1.165) is 5.56 Å². The summed E-state index contributed by atoms with van der Waals surface area (Å²) in [5.41, 5.74) is 0.792. The highest BCUT2D eigenvalue weighted by molar-refractivity contribution is 5.90. The Morgan fingerprint density at radius 2 is 1.64 bits per heavy atom. The van der Waals surface area contributed by atoms with E-state index in [4.69, 9.17) is 4.42 Å². The highest BCUT2D eigenvalue weighted by Crippen LogP contribution is 2.18.